The number of nitrogens with one attached hydrogen (secondary N) is 1. The van der Waals surface area contributed by atoms with Gasteiger partial charge in [0, 0.05) is 0 Å². The van der Waals surface area contributed by atoms with E-state index in [-0.39, 0.29) is 19.3 Å². The molecule has 0 spiro atoms. The van der Waals surface area contributed by atoms with Crippen LogP contribution in [0.4, 0.5) is 13.2 Å². The van der Waals surface area contributed by atoms with Crippen LogP contribution in [-0.4, -0.2) is 17.6 Å². The SMILES string of the molecule is CCCC(C#N)C(=O)NC1(C(F)(F)F)CC1. The first-order valence-corrected chi connectivity index (χ1v) is 5.14. The van der Waals surface area contributed by atoms with Gasteiger partial charge >= 0.3 is 6.18 Å². The van der Waals surface area contributed by atoms with Crippen LogP contribution in [0.1, 0.15) is 32.6 Å². The van der Waals surface area contributed by atoms with E-state index in [1.165, 1.54) is 0 Å². The molecule has 1 amide bonds. The number of hydrogen-bond acceptors (Lipinski definition) is 2. The van der Waals surface area contributed by atoms with Crippen LogP contribution in [0, 0.1) is 17.2 Å². The number of halogens is 3. The van der Waals surface area contributed by atoms with Crippen molar-refractivity contribution in [1.29, 1.82) is 5.26 Å². The van der Waals surface area contributed by atoms with Gasteiger partial charge in [0.1, 0.15) is 11.5 Å². The predicted octanol–water partition coefficient (Wildman–Crippen LogP) is 2.14. The van der Waals surface area contributed by atoms with Gasteiger partial charge in [-0.05, 0) is 19.3 Å². The molecule has 0 bridgehead atoms. The van der Waals surface area contributed by atoms with Gasteiger partial charge in [-0.3, -0.25) is 4.79 Å². The Morgan fingerprint density at radius 1 is 1.56 bits per heavy atom. The lowest BCUT2D eigenvalue weighted by Gasteiger charge is -2.21. The summed E-state index contributed by atoms with van der Waals surface area (Å²) in [4.78, 5) is 11.4. The van der Waals surface area contributed by atoms with E-state index >= 15 is 0 Å². The fourth-order valence-electron chi connectivity index (χ4n) is 1.47. The Morgan fingerprint density at radius 2 is 2.12 bits per heavy atom. The molecule has 0 aromatic rings. The number of carbonyl (C=O) groups excluding carboxylic acids is 1. The first-order chi connectivity index (χ1) is 7.36. The standard InChI is InChI=1S/C10H13F3N2O/c1-2-3-7(6-14)8(16)15-9(4-5-9)10(11,12)13/h7H,2-5H2,1H3,(H,15,16). The van der Waals surface area contributed by atoms with Crippen molar-refractivity contribution in [2.45, 2.75) is 44.3 Å². The Labute approximate surface area is 91.6 Å². The van der Waals surface area contributed by atoms with E-state index in [0.717, 1.165) is 0 Å². The highest BCUT2D eigenvalue weighted by molar-refractivity contribution is 5.82. The van der Waals surface area contributed by atoms with E-state index in [0.29, 0.717) is 6.42 Å². The zero-order valence-corrected chi connectivity index (χ0v) is 8.90. The van der Waals surface area contributed by atoms with Gasteiger partial charge in [-0.25, -0.2) is 0 Å². The van der Waals surface area contributed by atoms with Crippen molar-refractivity contribution in [3.8, 4) is 6.07 Å². The molecular formula is C10H13F3N2O. The summed E-state index contributed by atoms with van der Waals surface area (Å²) in [7, 11) is 0. The van der Waals surface area contributed by atoms with E-state index in [4.69, 9.17) is 5.26 Å². The monoisotopic (exact) mass is 234 g/mol. The molecule has 1 unspecified atom stereocenters. The highest BCUT2D eigenvalue weighted by atomic mass is 19.4. The van der Waals surface area contributed by atoms with Gasteiger partial charge in [0.2, 0.25) is 5.91 Å². The second kappa shape index (κ2) is 4.32. The van der Waals surface area contributed by atoms with Crippen molar-refractivity contribution in [1.82, 2.24) is 5.32 Å². The van der Waals surface area contributed by atoms with Crippen LogP contribution in [0.2, 0.25) is 0 Å². The maximum atomic E-state index is 12.5. The van der Waals surface area contributed by atoms with Crippen LogP contribution < -0.4 is 5.32 Å². The lowest BCUT2D eigenvalue weighted by atomic mass is 10.0. The van der Waals surface area contributed by atoms with E-state index in [2.05, 4.69) is 0 Å². The number of carbonyl (C=O) groups is 1. The molecule has 0 radical (unpaired) electrons. The van der Waals surface area contributed by atoms with E-state index < -0.39 is 23.5 Å². The van der Waals surface area contributed by atoms with Gasteiger partial charge in [0.15, 0.2) is 0 Å². The number of nitrogens with zero attached hydrogens (tertiary/aromatic N) is 1. The average Bonchev–Trinajstić information content (AvgIpc) is 2.93. The van der Waals surface area contributed by atoms with E-state index in [1.807, 2.05) is 5.32 Å². The van der Waals surface area contributed by atoms with Gasteiger partial charge in [-0.1, -0.05) is 13.3 Å². The predicted molar refractivity (Wildman–Crippen MR) is 50.2 cm³/mol. The summed E-state index contributed by atoms with van der Waals surface area (Å²) in [5.41, 5.74) is -2.06. The van der Waals surface area contributed by atoms with Crippen molar-refractivity contribution in [3.63, 3.8) is 0 Å². The molecule has 0 aromatic heterocycles. The van der Waals surface area contributed by atoms with Gasteiger partial charge in [-0.15, -0.1) is 0 Å². The summed E-state index contributed by atoms with van der Waals surface area (Å²) < 4.78 is 37.5. The molecule has 6 heteroatoms. The fourth-order valence-corrected chi connectivity index (χ4v) is 1.47. The molecule has 16 heavy (non-hydrogen) atoms. The van der Waals surface area contributed by atoms with Crippen molar-refractivity contribution in [3.05, 3.63) is 0 Å². The van der Waals surface area contributed by atoms with Gasteiger partial charge < -0.3 is 5.32 Å². The molecule has 3 nitrogen and oxygen atoms in total. The third-order valence-corrected chi connectivity index (χ3v) is 2.70. The van der Waals surface area contributed by atoms with E-state index in [9.17, 15) is 18.0 Å². The van der Waals surface area contributed by atoms with Crippen LogP contribution in [0.3, 0.4) is 0 Å². The zero-order chi connectivity index (χ0) is 12.4. The molecule has 1 fully saturated rings. The summed E-state index contributed by atoms with van der Waals surface area (Å²) in [5.74, 6) is -1.79. The normalized spacial score (nSPS) is 19.7. The van der Waals surface area contributed by atoms with Gasteiger partial charge in [0.05, 0.1) is 6.07 Å². The van der Waals surface area contributed by atoms with Crippen LogP contribution in [-0.2, 0) is 4.79 Å². The first kappa shape index (κ1) is 12.8. The van der Waals surface area contributed by atoms with Crippen LogP contribution in [0.25, 0.3) is 0 Å². The number of alkyl halides is 3. The molecule has 0 aliphatic heterocycles. The summed E-state index contributed by atoms with van der Waals surface area (Å²) >= 11 is 0. The topological polar surface area (TPSA) is 52.9 Å². The maximum absolute atomic E-state index is 12.5. The van der Waals surface area contributed by atoms with Gasteiger partial charge in [-0.2, -0.15) is 18.4 Å². The minimum atomic E-state index is -4.42. The summed E-state index contributed by atoms with van der Waals surface area (Å²) in [6, 6.07) is 1.73. The average molecular weight is 234 g/mol. The number of nitriles is 1. The third-order valence-electron chi connectivity index (χ3n) is 2.70. The minimum Gasteiger partial charge on any atom is -0.341 e. The van der Waals surface area contributed by atoms with Crippen LogP contribution in [0.15, 0.2) is 0 Å². The Bertz CT molecular complexity index is 315. The van der Waals surface area contributed by atoms with Gasteiger partial charge in [0.25, 0.3) is 0 Å². The zero-order valence-electron chi connectivity index (χ0n) is 8.90. The second-order valence-electron chi connectivity index (χ2n) is 4.04. The number of hydrogen-bond donors (Lipinski definition) is 1. The van der Waals surface area contributed by atoms with Crippen molar-refractivity contribution < 1.29 is 18.0 Å². The molecule has 1 aliphatic rings. The lowest BCUT2D eigenvalue weighted by molar-refractivity contribution is -0.171. The Morgan fingerprint density at radius 3 is 2.44 bits per heavy atom. The van der Waals surface area contributed by atoms with E-state index in [1.54, 1.807) is 13.0 Å². The molecule has 1 saturated carbocycles. The Kier molecular flexibility index (Phi) is 3.46. The number of amides is 1. The Hall–Kier alpha value is -1.25. The molecule has 1 aliphatic carbocycles. The highest BCUT2D eigenvalue weighted by Gasteiger charge is 2.64. The van der Waals surface area contributed by atoms with Crippen LogP contribution >= 0.6 is 0 Å². The smallest absolute Gasteiger partial charge is 0.341 e. The van der Waals surface area contributed by atoms with Crippen molar-refractivity contribution in [2.75, 3.05) is 0 Å². The van der Waals surface area contributed by atoms with Crippen molar-refractivity contribution in [2.24, 2.45) is 5.92 Å². The van der Waals surface area contributed by atoms with Crippen molar-refractivity contribution >= 4 is 5.91 Å². The maximum Gasteiger partial charge on any atom is 0.411 e. The Balaban J connectivity index is 2.62. The molecule has 0 saturated heterocycles. The molecule has 0 aromatic carbocycles. The third kappa shape index (κ3) is 2.46. The largest absolute Gasteiger partial charge is 0.411 e. The quantitative estimate of drug-likeness (QED) is 0.810. The highest BCUT2D eigenvalue weighted by Crippen LogP contribution is 2.49. The molecule has 1 atom stereocenters. The molecular weight excluding hydrogens is 221 g/mol. The second-order valence-corrected chi connectivity index (χ2v) is 4.04. The molecule has 0 heterocycles. The summed E-state index contributed by atoms with van der Waals surface area (Å²) in [5, 5.41) is 10.6. The molecule has 1 rings (SSSR count). The lowest BCUT2D eigenvalue weighted by Crippen LogP contribution is -2.49. The summed E-state index contributed by atoms with van der Waals surface area (Å²) in [6.45, 7) is 1.77. The summed E-state index contributed by atoms with van der Waals surface area (Å²) in [6.07, 6.45) is -3.73. The molecule has 90 valence electrons. The fraction of sp³-hybridized carbons (Fsp3) is 0.800. The minimum absolute atomic E-state index is 0.0908. The first-order valence-electron chi connectivity index (χ1n) is 5.14. The molecule has 1 N–H and O–H groups in total. The number of rotatable bonds is 4. The van der Waals surface area contributed by atoms with Crippen LogP contribution in [0.5, 0.6) is 0 Å².